The highest BCUT2D eigenvalue weighted by atomic mass is 79.9. The standard InChI is InChI=1S/C12H16BrNO2/c1-3-16-14-12(15)8-9(2)10-4-6-11(13)7-5-10/h4-7,9H,3,8H2,1-2H3,(H,14,15). The molecule has 1 rings (SSSR count). The number of hydrogen-bond donors (Lipinski definition) is 1. The molecule has 0 aliphatic heterocycles. The summed E-state index contributed by atoms with van der Waals surface area (Å²) in [6, 6.07) is 7.99. The Labute approximate surface area is 104 Å². The van der Waals surface area contributed by atoms with Crippen molar-refractivity contribution in [1.29, 1.82) is 0 Å². The van der Waals surface area contributed by atoms with Crippen molar-refractivity contribution >= 4 is 21.8 Å². The summed E-state index contributed by atoms with van der Waals surface area (Å²) in [5.41, 5.74) is 3.54. The van der Waals surface area contributed by atoms with Gasteiger partial charge in [-0.05, 0) is 30.5 Å². The van der Waals surface area contributed by atoms with Crippen LogP contribution in [0.1, 0.15) is 31.7 Å². The molecular weight excluding hydrogens is 270 g/mol. The van der Waals surface area contributed by atoms with Gasteiger partial charge in [0.1, 0.15) is 0 Å². The van der Waals surface area contributed by atoms with E-state index in [0.29, 0.717) is 13.0 Å². The van der Waals surface area contributed by atoms with Gasteiger partial charge in [-0.1, -0.05) is 35.0 Å². The molecule has 1 aromatic rings. The van der Waals surface area contributed by atoms with Crippen molar-refractivity contribution in [3.8, 4) is 0 Å². The summed E-state index contributed by atoms with van der Waals surface area (Å²) in [6.07, 6.45) is 0.432. The molecule has 1 unspecified atom stereocenters. The van der Waals surface area contributed by atoms with Crippen LogP contribution < -0.4 is 5.48 Å². The fourth-order valence-electron chi connectivity index (χ4n) is 1.38. The Morgan fingerprint density at radius 2 is 2.06 bits per heavy atom. The van der Waals surface area contributed by atoms with Crippen molar-refractivity contribution in [2.24, 2.45) is 0 Å². The van der Waals surface area contributed by atoms with Crippen molar-refractivity contribution < 1.29 is 9.63 Å². The van der Waals surface area contributed by atoms with Crippen LogP contribution in [0.2, 0.25) is 0 Å². The minimum Gasteiger partial charge on any atom is -0.274 e. The summed E-state index contributed by atoms with van der Waals surface area (Å²) < 4.78 is 1.04. The quantitative estimate of drug-likeness (QED) is 0.845. The van der Waals surface area contributed by atoms with Gasteiger partial charge in [0.2, 0.25) is 5.91 Å². The van der Waals surface area contributed by atoms with E-state index in [4.69, 9.17) is 4.84 Å². The number of amides is 1. The summed E-state index contributed by atoms with van der Waals surface area (Å²) in [6.45, 7) is 4.34. The summed E-state index contributed by atoms with van der Waals surface area (Å²) in [4.78, 5) is 16.3. The molecule has 1 aromatic carbocycles. The summed E-state index contributed by atoms with van der Waals surface area (Å²) in [7, 11) is 0. The normalized spacial score (nSPS) is 12.2. The Morgan fingerprint density at radius 1 is 1.44 bits per heavy atom. The highest BCUT2D eigenvalue weighted by Gasteiger charge is 2.10. The number of nitrogens with one attached hydrogen (secondary N) is 1. The maximum atomic E-state index is 11.4. The van der Waals surface area contributed by atoms with E-state index >= 15 is 0 Å². The lowest BCUT2D eigenvalue weighted by Gasteiger charge is -2.11. The molecular formula is C12H16BrNO2. The number of carbonyl (C=O) groups excluding carboxylic acids is 1. The minimum absolute atomic E-state index is 0.0859. The first kappa shape index (κ1) is 13.2. The third-order valence-electron chi connectivity index (χ3n) is 2.26. The Bertz CT molecular complexity index is 337. The van der Waals surface area contributed by atoms with Crippen LogP contribution in [-0.4, -0.2) is 12.5 Å². The molecule has 0 spiro atoms. The van der Waals surface area contributed by atoms with Crippen molar-refractivity contribution in [2.75, 3.05) is 6.61 Å². The minimum atomic E-state index is -0.0859. The lowest BCUT2D eigenvalue weighted by molar-refractivity contribution is -0.133. The molecule has 3 nitrogen and oxygen atoms in total. The van der Waals surface area contributed by atoms with Gasteiger partial charge in [-0.3, -0.25) is 9.63 Å². The van der Waals surface area contributed by atoms with E-state index in [9.17, 15) is 4.79 Å². The van der Waals surface area contributed by atoms with Crippen molar-refractivity contribution in [3.05, 3.63) is 34.3 Å². The second-order valence-electron chi connectivity index (χ2n) is 3.61. The fourth-order valence-corrected chi connectivity index (χ4v) is 1.65. The van der Waals surface area contributed by atoms with Crippen LogP contribution in [-0.2, 0) is 9.63 Å². The van der Waals surface area contributed by atoms with Crippen LogP contribution in [0.5, 0.6) is 0 Å². The zero-order valence-electron chi connectivity index (χ0n) is 9.50. The zero-order chi connectivity index (χ0) is 12.0. The van der Waals surface area contributed by atoms with Gasteiger partial charge >= 0.3 is 0 Å². The molecule has 4 heteroatoms. The molecule has 1 atom stereocenters. The van der Waals surface area contributed by atoms with E-state index in [-0.39, 0.29) is 11.8 Å². The van der Waals surface area contributed by atoms with Gasteiger partial charge in [0.05, 0.1) is 6.61 Å². The van der Waals surface area contributed by atoms with Crippen LogP contribution >= 0.6 is 15.9 Å². The van der Waals surface area contributed by atoms with E-state index in [2.05, 4.69) is 21.4 Å². The van der Waals surface area contributed by atoms with E-state index in [1.54, 1.807) is 0 Å². The van der Waals surface area contributed by atoms with Gasteiger partial charge in [0.25, 0.3) is 0 Å². The van der Waals surface area contributed by atoms with Crippen LogP contribution in [0, 0.1) is 0 Å². The molecule has 1 amide bonds. The molecule has 0 saturated carbocycles. The molecule has 0 saturated heterocycles. The SMILES string of the molecule is CCONC(=O)CC(C)c1ccc(Br)cc1. The molecule has 0 fully saturated rings. The van der Waals surface area contributed by atoms with Crippen LogP contribution in [0.25, 0.3) is 0 Å². The van der Waals surface area contributed by atoms with Crippen LogP contribution in [0.4, 0.5) is 0 Å². The molecule has 0 aliphatic rings. The Balaban J connectivity index is 2.48. The average molecular weight is 286 g/mol. The molecule has 0 bridgehead atoms. The first-order valence-corrected chi connectivity index (χ1v) is 6.09. The van der Waals surface area contributed by atoms with E-state index in [0.717, 1.165) is 10.0 Å². The van der Waals surface area contributed by atoms with Crippen LogP contribution in [0.15, 0.2) is 28.7 Å². The number of hydrogen-bond acceptors (Lipinski definition) is 2. The molecule has 1 N–H and O–H groups in total. The van der Waals surface area contributed by atoms with Crippen molar-refractivity contribution in [3.63, 3.8) is 0 Å². The van der Waals surface area contributed by atoms with Gasteiger partial charge in [-0.15, -0.1) is 0 Å². The van der Waals surface area contributed by atoms with Gasteiger partial charge in [-0.25, -0.2) is 5.48 Å². The van der Waals surface area contributed by atoms with E-state index in [1.807, 2.05) is 38.1 Å². The number of benzene rings is 1. The third-order valence-corrected chi connectivity index (χ3v) is 2.79. The lowest BCUT2D eigenvalue weighted by Crippen LogP contribution is -2.24. The number of hydroxylamine groups is 1. The number of carbonyl (C=O) groups is 1. The predicted octanol–water partition coefficient (Wildman–Crippen LogP) is 3.01. The van der Waals surface area contributed by atoms with Crippen molar-refractivity contribution in [2.45, 2.75) is 26.2 Å². The van der Waals surface area contributed by atoms with E-state index < -0.39 is 0 Å². The number of halogens is 1. The number of rotatable bonds is 5. The van der Waals surface area contributed by atoms with E-state index in [1.165, 1.54) is 0 Å². The van der Waals surface area contributed by atoms with Gasteiger partial charge < -0.3 is 0 Å². The summed E-state index contributed by atoms with van der Waals surface area (Å²) >= 11 is 3.38. The third kappa shape index (κ3) is 4.33. The predicted molar refractivity (Wildman–Crippen MR) is 66.9 cm³/mol. The molecule has 0 radical (unpaired) electrons. The topological polar surface area (TPSA) is 38.3 Å². The van der Waals surface area contributed by atoms with Gasteiger partial charge in [0.15, 0.2) is 0 Å². The largest absolute Gasteiger partial charge is 0.274 e. The molecule has 0 aliphatic carbocycles. The van der Waals surface area contributed by atoms with Crippen LogP contribution in [0.3, 0.4) is 0 Å². The second kappa shape index (κ2) is 6.66. The average Bonchev–Trinajstić information content (AvgIpc) is 2.27. The summed E-state index contributed by atoms with van der Waals surface area (Å²) in [5, 5.41) is 0. The first-order valence-electron chi connectivity index (χ1n) is 5.29. The molecule has 16 heavy (non-hydrogen) atoms. The van der Waals surface area contributed by atoms with Crippen molar-refractivity contribution in [1.82, 2.24) is 5.48 Å². The Kier molecular flexibility index (Phi) is 5.49. The second-order valence-corrected chi connectivity index (χ2v) is 4.53. The van der Waals surface area contributed by atoms with Gasteiger partial charge in [0, 0.05) is 10.9 Å². The maximum absolute atomic E-state index is 11.4. The molecule has 88 valence electrons. The Morgan fingerprint density at radius 3 is 2.62 bits per heavy atom. The summed E-state index contributed by atoms with van der Waals surface area (Å²) in [5.74, 6) is 0.103. The smallest absolute Gasteiger partial charge is 0.244 e. The molecule has 0 aromatic heterocycles. The zero-order valence-corrected chi connectivity index (χ0v) is 11.1. The molecule has 0 heterocycles. The Hall–Kier alpha value is -0.870. The fraction of sp³-hybridized carbons (Fsp3) is 0.417. The maximum Gasteiger partial charge on any atom is 0.244 e. The van der Waals surface area contributed by atoms with Gasteiger partial charge in [-0.2, -0.15) is 0 Å². The lowest BCUT2D eigenvalue weighted by atomic mass is 9.98. The highest BCUT2D eigenvalue weighted by Crippen LogP contribution is 2.20. The highest BCUT2D eigenvalue weighted by molar-refractivity contribution is 9.10. The first-order chi connectivity index (χ1) is 7.63. The monoisotopic (exact) mass is 285 g/mol.